The molecule has 170 valence electrons. The fourth-order valence-electron chi connectivity index (χ4n) is 6.14. The SMILES string of the molecule is CC1=C(F)C(N2CC3CCCC(F)(F)C(O)C3C2)C(C)c2c1c(=O)[nH]c(=O)n2C1CC1. The summed E-state index contributed by atoms with van der Waals surface area (Å²) in [5, 5.41) is 10.4. The van der Waals surface area contributed by atoms with Crippen LogP contribution in [0.2, 0.25) is 0 Å². The second kappa shape index (κ2) is 7.07. The van der Waals surface area contributed by atoms with Crippen LogP contribution in [0.25, 0.3) is 5.57 Å². The van der Waals surface area contributed by atoms with Gasteiger partial charge < -0.3 is 5.11 Å². The van der Waals surface area contributed by atoms with E-state index in [-0.39, 0.29) is 36.1 Å². The first-order valence-corrected chi connectivity index (χ1v) is 11.2. The predicted molar refractivity (Wildman–Crippen MR) is 109 cm³/mol. The minimum Gasteiger partial charge on any atom is -0.387 e. The van der Waals surface area contributed by atoms with Crippen molar-refractivity contribution in [2.75, 3.05) is 13.1 Å². The van der Waals surface area contributed by atoms with E-state index in [1.54, 1.807) is 18.4 Å². The van der Waals surface area contributed by atoms with Gasteiger partial charge in [0.2, 0.25) is 0 Å². The summed E-state index contributed by atoms with van der Waals surface area (Å²) in [4.78, 5) is 29.3. The summed E-state index contributed by atoms with van der Waals surface area (Å²) in [6.45, 7) is 3.93. The molecule has 5 unspecified atom stereocenters. The fraction of sp³-hybridized carbons (Fsp3) is 0.727. The van der Waals surface area contributed by atoms with E-state index in [0.29, 0.717) is 25.1 Å². The molecule has 1 aromatic rings. The van der Waals surface area contributed by atoms with Gasteiger partial charge in [0.25, 0.3) is 11.5 Å². The number of aromatic amines is 1. The summed E-state index contributed by atoms with van der Waals surface area (Å²) in [5.41, 5.74) is -0.109. The number of hydrogen-bond acceptors (Lipinski definition) is 4. The lowest BCUT2D eigenvalue weighted by Gasteiger charge is -2.38. The number of allylic oxidation sites excluding steroid dienone is 1. The molecule has 9 heteroatoms. The second-order valence-corrected chi connectivity index (χ2v) is 9.80. The molecule has 0 spiro atoms. The molecule has 31 heavy (non-hydrogen) atoms. The van der Waals surface area contributed by atoms with Gasteiger partial charge in [-0.1, -0.05) is 6.92 Å². The number of rotatable bonds is 2. The van der Waals surface area contributed by atoms with Crippen molar-refractivity contribution in [2.45, 2.75) is 76.0 Å². The Morgan fingerprint density at radius 3 is 2.55 bits per heavy atom. The monoisotopic (exact) mass is 439 g/mol. The number of halogens is 3. The van der Waals surface area contributed by atoms with Crippen LogP contribution in [0.3, 0.4) is 0 Å². The molecule has 0 aromatic carbocycles. The van der Waals surface area contributed by atoms with E-state index < -0.39 is 47.0 Å². The molecule has 0 bridgehead atoms. The molecule has 2 N–H and O–H groups in total. The first kappa shape index (κ1) is 21.0. The molecule has 3 fully saturated rings. The Morgan fingerprint density at radius 1 is 1.16 bits per heavy atom. The number of likely N-dealkylation sites (tertiary alicyclic amines) is 1. The zero-order chi connectivity index (χ0) is 22.2. The van der Waals surface area contributed by atoms with E-state index >= 15 is 4.39 Å². The van der Waals surface area contributed by atoms with Gasteiger partial charge in [-0.3, -0.25) is 19.2 Å². The van der Waals surface area contributed by atoms with Crippen molar-refractivity contribution >= 4 is 5.57 Å². The Hall–Kier alpha value is -1.87. The maximum absolute atomic E-state index is 15.6. The van der Waals surface area contributed by atoms with E-state index in [0.717, 1.165) is 12.8 Å². The molecule has 1 saturated heterocycles. The van der Waals surface area contributed by atoms with Crippen molar-refractivity contribution in [1.29, 1.82) is 0 Å². The van der Waals surface area contributed by atoms with Crippen LogP contribution < -0.4 is 11.2 Å². The van der Waals surface area contributed by atoms with Crippen LogP contribution in [0.1, 0.15) is 69.2 Å². The third-order valence-electron chi connectivity index (χ3n) is 7.83. The lowest BCUT2D eigenvalue weighted by molar-refractivity contribution is -0.132. The van der Waals surface area contributed by atoms with Crippen LogP contribution in [0.5, 0.6) is 0 Å². The van der Waals surface area contributed by atoms with Crippen LogP contribution in [-0.2, 0) is 0 Å². The minimum absolute atomic E-state index is 0.000321. The topological polar surface area (TPSA) is 78.3 Å². The number of nitrogens with zero attached hydrogens (tertiary/aromatic N) is 2. The van der Waals surface area contributed by atoms with Gasteiger partial charge in [-0.2, -0.15) is 0 Å². The smallest absolute Gasteiger partial charge is 0.328 e. The molecule has 3 aliphatic carbocycles. The normalized spacial score (nSPS) is 35.6. The van der Waals surface area contributed by atoms with Crippen molar-refractivity contribution in [3.8, 4) is 0 Å². The Labute approximate surface area is 177 Å². The number of hydrogen-bond donors (Lipinski definition) is 2. The average Bonchev–Trinajstić information content (AvgIpc) is 3.46. The van der Waals surface area contributed by atoms with E-state index in [4.69, 9.17) is 0 Å². The lowest BCUT2D eigenvalue weighted by atomic mass is 9.83. The van der Waals surface area contributed by atoms with Gasteiger partial charge in [-0.15, -0.1) is 0 Å². The highest BCUT2D eigenvalue weighted by atomic mass is 19.3. The average molecular weight is 439 g/mol. The molecule has 0 radical (unpaired) electrons. The van der Waals surface area contributed by atoms with E-state index in [2.05, 4.69) is 4.98 Å². The van der Waals surface area contributed by atoms with Gasteiger partial charge in [0.05, 0.1) is 11.6 Å². The Bertz CT molecular complexity index is 1060. The number of aliphatic hydroxyl groups is 1. The molecule has 0 amide bonds. The molecule has 5 rings (SSSR count). The summed E-state index contributed by atoms with van der Waals surface area (Å²) < 4.78 is 45.8. The highest BCUT2D eigenvalue weighted by Crippen LogP contribution is 2.48. The number of aromatic nitrogens is 2. The highest BCUT2D eigenvalue weighted by Gasteiger charge is 2.53. The second-order valence-electron chi connectivity index (χ2n) is 9.80. The first-order valence-electron chi connectivity index (χ1n) is 11.2. The van der Waals surface area contributed by atoms with E-state index in [1.807, 2.05) is 4.90 Å². The third kappa shape index (κ3) is 3.15. The molecule has 1 aliphatic heterocycles. The number of fused-ring (bicyclic) bond motifs is 2. The molecule has 6 nitrogen and oxygen atoms in total. The molecular weight excluding hydrogens is 411 g/mol. The largest absolute Gasteiger partial charge is 0.387 e. The van der Waals surface area contributed by atoms with Crippen LogP contribution in [-0.4, -0.2) is 50.7 Å². The molecule has 1 aromatic heterocycles. The van der Waals surface area contributed by atoms with Crippen LogP contribution in [0.15, 0.2) is 15.4 Å². The van der Waals surface area contributed by atoms with Crippen molar-refractivity contribution < 1.29 is 18.3 Å². The zero-order valence-corrected chi connectivity index (χ0v) is 17.7. The Morgan fingerprint density at radius 2 is 1.87 bits per heavy atom. The highest BCUT2D eigenvalue weighted by molar-refractivity contribution is 5.71. The number of alkyl halides is 2. The summed E-state index contributed by atoms with van der Waals surface area (Å²) in [7, 11) is 0. The number of H-pyrrole nitrogens is 1. The maximum Gasteiger partial charge on any atom is 0.328 e. The van der Waals surface area contributed by atoms with Crippen LogP contribution in [0, 0.1) is 11.8 Å². The number of aliphatic hydroxyl groups excluding tert-OH is 1. The summed E-state index contributed by atoms with van der Waals surface area (Å²) in [6.07, 6.45) is 0.500. The maximum atomic E-state index is 15.6. The standard InChI is InChI=1S/C22H28F3N3O3/c1-10-15-17(28(13-5-6-13)21(31)26-20(15)30)11(2)18(16(10)23)27-8-12-4-3-7-22(24,25)19(29)14(12)9-27/h11-14,18-19,29H,3-9H2,1-2H3,(H,26,30,31). The van der Waals surface area contributed by atoms with Gasteiger partial charge in [0.15, 0.2) is 0 Å². The molecule has 2 heterocycles. The number of nitrogens with one attached hydrogen (secondary N) is 1. The van der Waals surface area contributed by atoms with E-state index in [9.17, 15) is 23.5 Å². The third-order valence-corrected chi connectivity index (χ3v) is 7.83. The van der Waals surface area contributed by atoms with Gasteiger partial charge in [-0.05, 0) is 44.1 Å². The Balaban J connectivity index is 1.56. The summed E-state index contributed by atoms with van der Waals surface area (Å²) in [6, 6.07) is -0.744. The van der Waals surface area contributed by atoms with Crippen molar-refractivity contribution in [3.05, 3.63) is 37.9 Å². The lowest BCUT2D eigenvalue weighted by Crippen LogP contribution is -2.46. The quantitative estimate of drug-likeness (QED) is 0.743. The van der Waals surface area contributed by atoms with Gasteiger partial charge in [-0.25, -0.2) is 18.0 Å². The summed E-state index contributed by atoms with van der Waals surface area (Å²) in [5.74, 6) is -4.83. The van der Waals surface area contributed by atoms with Gasteiger partial charge >= 0.3 is 5.69 Å². The predicted octanol–water partition coefficient (Wildman–Crippen LogP) is 2.79. The zero-order valence-electron chi connectivity index (χ0n) is 17.7. The fourth-order valence-corrected chi connectivity index (χ4v) is 6.14. The molecule has 2 saturated carbocycles. The molecular formula is C22H28F3N3O3. The Kier molecular flexibility index (Phi) is 4.79. The summed E-state index contributed by atoms with van der Waals surface area (Å²) >= 11 is 0. The van der Waals surface area contributed by atoms with Gasteiger partial charge in [0, 0.05) is 43.1 Å². The van der Waals surface area contributed by atoms with Crippen molar-refractivity contribution in [3.63, 3.8) is 0 Å². The van der Waals surface area contributed by atoms with Crippen molar-refractivity contribution in [2.24, 2.45) is 11.8 Å². The van der Waals surface area contributed by atoms with Gasteiger partial charge in [0.1, 0.15) is 11.9 Å². The van der Waals surface area contributed by atoms with Crippen molar-refractivity contribution in [1.82, 2.24) is 14.5 Å². The first-order chi connectivity index (χ1) is 14.6. The van der Waals surface area contributed by atoms with Crippen LogP contribution >= 0.6 is 0 Å². The molecule has 4 aliphatic rings. The molecule has 5 atom stereocenters. The minimum atomic E-state index is -3.13. The van der Waals surface area contributed by atoms with Crippen LogP contribution in [0.4, 0.5) is 13.2 Å². The van der Waals surface area contributed by atoms with E-state index in [1.165, 1.54) is 0 Å².